The molecular formula is C16H25NO. The van der Waals surface area contributed by atoms with Crippen molar-refractivity contribution in [2.24, 2.45) is 5.92 Å². The van der Waals surface area contributed by atoms with E-state index in [0.29, 0.717) is 12.3 Å². The van der Waals surface area contributed by atoms with E-state index in [4.69, 9.17) is 0 Å². The Kier molecular flexibility index (Phi) is 6.66. The summed E-state index contributed by atoms with van der Waals surface area (Å²) < 4.78 is 0. The summed E-state index contributed by atoms with van der Waals surface area (Å²) >= 11 is 0. The van der Waals surface area contributed by atoms with Crippen molar-refractivity contribution in [2.75, 3.05) is 6.54 Å². The summed E-state index contributed by atoms with van der Waals surface area (Å²) in [5, 5.41) is 3.37. The Morgan fingerprint density at radius 2 is 1.78 bits per heavy atom. The number of ketones is 1. The zero-order valence-corrected chi connectivity index (χ0v) is 11.8. The maximum atomic E-state index is 10.8. The molecule has 0 atom stereocenters. The van der Waals surface area contributed by atoms with Gasteiger partial charge in [-0.15, -0.1) is 0 Å². The van der Waals surface area contributed by atoms with E-state index in [1.54, 1.807) is 6.92 Å². The van der Waals surface area contributed by atoms with E-state index in [-0.39, 0.29) is 5.78 Å². The lowest BCUT2D eigenvalue weighted by Crippen LogP contribution is -2.15. The van der Waals surface area contributed by atoms with Gasteiger partial charge in [0.25, 0.3) is 0 Å². The van der Waals surface area contributed by atoms with Crippen molar-refractivity contribution >= 4 is 5.78 Å². The lowest BCUT2D eigenvalue weighted by Gasteiger charge is -2.07. The molecule has 0 saturated heterocycles. The fourth-order valence-corrected chi connectivity index (χ4v) is 1.96. The minimum Gasteiger partial charge on any atom is -0.313 e. The van der Waals surface area contributed by atoms with Crippen LogP contribution in [-0.2, 0) is 17.8 Å². The van der Waals surface area contributed by atoms with Crippen molar-refractivity contribution in [3.63, 3.8) is 0 Å². The summed E-state index contributed by atoms with van der Waals surface area (Å²) in [4.78, 5) is 10.8. The second-order valence-electron chi connectivity index (χ2n) is 5.40. The van der Waals surface area contributed by atoms with Crippen molar-refractivity contribution in [1.82, 2.24) is 5.32 Å². The molecule has 0 aliphatic heterocycles. The van der Waals surface area contributed by atoms with E-state index in [2.05, 4.69) is 43.4 Å². The van der Waals surface area contributed by atoms with E-state index >= 15 is 0 Å². The molecule has 0 aliphatic carbocycles. The Morgan fingerprint density at radius 1 is 1.17 bits per heavy atom. The van der Waals surface area contributed by atoms with Gasteiger partial charge in [-0.25, -0.2) is 0 Å². The van der Waals surface area contributed by atoms with Gasteiger partial charge in [-0.3, -0.25) is 0 Å². The molecule has 0 bridgehead atoms. The predicted molar refractivity (Wildman–Crippen MR) is 76.6 cm³/mol. The van der Waals surface area contributed by atoms with Crippen LogP contribution in [0.2, 0.25) is 0 Å². The molecule has 0 heterocycles. The largest absolute Gasteiger partial charge is 0.313 e. The number of hydrogen-bond donors (Lipinski definition) is 1. The fourth-order valence-electron chi connectivity index (χ4n) is 1.96. The van der Waals surface area contributed by atoms with E-state index in [0.717, 1.165) is 25.9 Å². The highest BCUT2D eigenvalue weighted by Gasteiger charge is 1.98. The van der Waals surface area contributed by atoms with E-state index < -0.39 is 0 Å². The van der Waals surface area contributed by atoms with Crippen LogP contribution in [0.5, 0.6) is 0 Å². The zero-order valence-electron chi connectivity index (χ0n) is 11.8. The normalized spacial score (nSPS) is 10.9. The third-order valence-corrected chi connectivity index (χ3v) is 2.88. The van der Waals surface area contributed by atoms with Crippen molar-refractivity contribution in [3.8, 4) is 0 Å². The van der Waals surface area contributed by atoms with E-state index in [1.165, 1.54) is 11.1 Å². The van der Waals surface area contributed by atoms with Crippen LogP contribution in [0, 0.1) is 5.92 Å². The molecule has 1 aromatic rings. The van der Waals surface area contributed by atoms with Gasteiger partial charge in [-0.05, 0) is 43.4 Å². The number of Topliss-reactive ketones (excluding diaryl/α,β-unsaturated/α-hetero) is 1. The first-order valence-corrected chi connectivity index (χ1v) is 6.86. The van der Waals surface area contributed by atoms with Gasteiger partial charge in [0.2, 0.25) is 0 Å². The highest BCUT2D eigenvalue weighted by Crippen LogP contribution is 2.09. The molecule has 0 radical (unpaired) electrons. The summed E-state index contributed by atoms with van der Waals surface area (Å²) in [5.74, 6) is 0.982. The highest BCUT2D eigenvalue weighted by molar-refractivity contribution is 5.75. The Morgan fingerprint density at radius 3 is 2.33 bits per heavy atom. The summed E-state index contributed by atoms with van der Waals surface area (Å²) in [6, 6.07) is 8.81. The summed E-state index contributed by atoms with van der Waals surface area (Å²) in [6.07, 6.45) is 2.76. The van der Waals surface area contributed by atoms with Crippen LogP contribution in [-0.4, -0.2) is 12.3 Å². The number of carbonyl (C=O) groups is 1. The summed E-state index contributed by atoms with van der Waals surface area (Å²) in [7, 11) is 0. The SMILES string of the molecule is CC(=O)CCCNCc1ccc(CC(C)C)cc1. The molecule has 0 amide bonds. The van der Waals surface area contributed by atoms with Crippen molar-refractivity contribution in [1.29, 1.82) is 0 Å². The molecule has 2 heteroatoms. The summed E-state index contributed by atoms with van der Waals surface area (Å²) in [5.41, 5.74) is 2.72. The molecule has 18 heavy (non-hydrogen) atoms. The smallest absolute Gasteiger partial charge is 0.129 e. The number of hydrogen-bond acceptors (Lipinski definition) is 2. The van der Waals surface area contributed by atoms with Crippen LogP contribution in [0.4, 0.5) is 0 Å². The van der Waals surface area contributed by atoms with Crippen LogP contribution < -0.4 is 5.32 Å². The molecule has 0 aliphatic rings. The molecule has 0 saturated carbocycles. The average molecular weight is 247 g/mol. The van der Waals surface area contributed by atoms with Crippen LogP contribution in [0.3, 0.4) is 0 Å². The first kappa shape index (κ1) is 14.9. The van der Waals surface area contributed by atoms with E-state index in [1.807, 2.05) is 0 Å². The fraction of sp³-hybridized carbons (Fsp3) is 0.562. The standard InChI is InChI=1S/C16H25NO/c1-13(2)11-15-6-8-16(9-7-15)12-17-10-4-5-14(3)18/h6-9,13,17H,4-5,10-12H2,1-3H3. The Balaban J connectivity index is 2.24. The van der Waals surface area contributed by atoms with Crippen LogP contribution in [0.15, 0.2) is 24.3 Å². The quantitative estimate of drug-likeness (QED) is 0.714. The number of benzene rings is 1. The average Bonchev–Trinajstić information content (AvgIpc) is 2.30. The second kappa shape index (κ2) is 8.04. The predicted octanol–water partition coefficient (Wildman–Crippen LogP) is 3.34. The first-order valence-electron chi connectivity index (χ1n) is 6.86. The first-order chi connectivity index (χ1) is 8.58. The maximum Gasteiger partial charge on any atom is 0.129 e. The molecule has 1 N–H and O–H groups in total. The van der Waals surface area contributed by atoms with Crippen molar-refractivity contribution in [3.05, 3.63) is 35.4 Å². The van der Waals surface area contributed by atoms with Crippen LogP contribution >= 0.6 is 0 Å². The molecule has 1 aromatic carbocycles. The molecular weight excluding hydrogens is 222 g/mol. The maximum absolute atomic E-state index is 10.8. The third-order valence-electron chi connectivity index (χ3n) is 2.88. The molecule has 0 aromatic heterocycles. The van der Waals surface area contributed by atoms with Crippen molar-refractivity contribution < 1.29 is 4.79 Å². The minimum atomic E-state index is 0.273. The van der Waals surface area contributed by atoms with Gasteiger partial charge in [0.15, 0.2) is 0 Å². The van der Waals surface area contributed by atoms with Gasteiger partial charge in [-0.1, -0.05) is 38.1 Å². The van der Waals surface area contributed by atoms with Gasteiger partial charge in [0.05, 0.1) is 0 Å². The number of rotatable bonds is 8. The lowest BCUT2D eigenvalue weighted by molar-refractivity contribution is -0.117. The number of nitrogens with one attached hydrogen (secondary N) is 1. The lowest BCUT2D eigenvalue weighted by atomic mass is 10.0. The number of carbonyl (C=O) groups excluding carboxylic acids is 1. The Hall–Kier alpha value is -1.15. The zero-order chi connectivity index (χ0) is 13.4. The highest BCUT2D eigenvalue weighted by atomic mass is 16.1. The monoisotopic (exact) mass is 247 g/mol. The third kappa shape index (κ3) is 6.55. The van der Waals surface area contributed by atoms with Gasteiger partial charge in [0, 0.05) is 13.0 Å². The van der Waals surface area contributed by atoms with Crippen molar-refractivity contribution in [2.45, 2.75) is 46.6 Å². The molecule has 1 rings (SSSR count). The second-order valence-corrected chi connectivity index (χ2v) is 5.40. The molecule has 0 spiro atoms. The van der Waals surface area contributed by atoms with E-state index in [9.17, 15) is 4.79 Å². The summed E-state index contributed by atoms with van der Waals surface area (Å²) in [6.45, 7) is 7.93. The molecule has 100 valence electrons. The van der Waals surface area contributed by atoms with Gasteiger partial charge < -0.3 is 10.1 Å². The van der Waals surface area contributed by atoms with Gasteiger partial charge in [0.1, 0.15) is 5.78 Å². The van der Waals surface area contributed by atoms with Crippen LogP contribution in [0.25, 0.3) is 0 Å². The molecule has 0 fully saturated rings. The Labute approximate surface area is 111 Å². The Bertz CT molecular complexity index is 354. The molecule has 2 nitrogen and oxygen atoms in total. The minimum absolute atomic E-state index is 0.273. The molecule has 0 unspecified atom stereocenters. The van der Waals surface area contributed by atoms with Gasteiger partial charge >= 0.3 is 0 Å². The topological polar surface area (TPSA) is 29.1 Å². The van der Waals surface area contributed by atoms with Gasteiger partial charge in [-0.2, -0.15) is 0 Å². The van der Waals surface area contributed by atoms with Crippen LogP contribution in [0.1, 0.15) is 44.7 Å².